The Hall–Kier alpha value is -2.63. The van der Waals surface area contributed by atoms with Crippen LogP contribution in [0.15, 0.2) is 36.7 Å². The predicted octanol–water partition coefficient (Wildman–Crippen LogP) is 2.06. The zero-order chi connectivity index (χ0) is 16.2. The Bertz CT molecular complexity index is 689. The molecular formula is C17H19N3O3. The summed E-state index contributed by atoms with van der Waals surface area (Å²) in [6.45, 7) is 1.40. The van der Waals surface area contributed by atoms with Crippen LogP contribution < -0.4 is 0 Å². The van der Waals surface area contributed by atoms with E-state index in [1.165, 1.54) is 11.6 Å². The van der Waals surface area contributed by atoms with E-state index in [0.29, 0.717) is 24.6 Å². The Kier molecular flexibility index (Phi) is 4.41. The maximum Gasteiger partial charge on any atom is 0.335 e. The molecule has 1 amide bonds. The van der Waals surface area contributed by atoms with Gasteiger partial charge in [-0.1, -0.05) is 18.2 Å². The number of H-pyrrole nitrogens is 1. The number of aromatic amines is 1. The Morgan fingerprint density at radius 3 is 2.65 bits per heavy atom. The summed E-state index contributed by atoms with van der Waals surface area (Å²) >= 11 is 0. The van der Waals surface area contributed by atoms with Gasteiger partial charge in [0.25, 0.3) is 0 Å². The zero-order valence-electron chi connectivity index (χ0n) is 12.7. The van der Waals surface area contributed by atoms with Crippen LogP contribution in [0.1, 0.15) is 40.2 Å². The molecule has 1 fully saturated rings. The lowest BCUT2D eigenvalue weighted by molar-refractivity contribution is -0.131. The molecule has 0 radical (unpaired) electrons. The van der Waals surface area contributed by atoms with Crippen molar-refractivity contribution in [1.82, 2.24) is 15.1 Å². The van der Waals surface area contributed by atoms with E-state index in [1.807, 2.05) is 17.3 Å². The molecule has 0 aliphatic carbocycles. The van der Waals surface area contributed by atoms with E-state index in [4.69, 9.17) is 0 Å². The van der Waals surface area contributed by atoms with Crippen molar-refractivity contribution in [2.75, 3.05) is 13.1 Å². The van der Waals surface area contributed by atoms with E-state index < -0.39 is 5.97 Å². The number of carbonyl (C=O) groups excluding carboxylic acids is 1. The average Bonchev–Trinajstić information content (AvgIpc) is 3.10. The van der Waals surface area contributed by atoms with Crippen LogP contribution in [0.3, 0.4) is 0 Å². The van der Waals surface area contributed by atoms with Gasteiger partial charge in [-0.15, -0.1) is 0 Å². The van der Waals surface area contributed by atoms with Crippen molar-refractivity contribution in [2.45, 2.75) is 25.2 Å². The number of likely N-dealkylation sites (tertiary alicyclic amines) is 1. The molecule has 0 saturated carbocycles. The summed E-state index contributed by atoms with van der Waals surface area (Å²) < 4.78 is 0. The van der Waals surface area contributed by atoms with Gasteiger partial charge in [-0.2, -0.15) is 5.10 Å². The van der Waals surface area contributed by atoms with E-state index >= 15 is 0 Å². The smallest absolute Gasteiger partial charge is 0.335 e. The van der Waals surface area contributed by atoms with Crippen molar-refractivity contribution >= 4 is 11.9 Å². The van der Waals surface area contributed by atoms with Crippen LogP contribution in [0.2, 0.25) is 0 Å². The topological polar surface area (TPSA) is 86.3 Å². The van der Waals surface area contributed by atoms with E-state index in [1.54, 1.807) is 18.2 Å². The molecule has 0 bridgehead atoms. The maximum atomic E-state index is 12.4. The van der Waals surface area contributed by atoms with Gasteiger partial charge in [0, 0.05) is 19.3 Å². The minimum Gasteiger partial charge on any atom is -0.478 e. The highest BCUT2D eigenvalue weighted by molar-refractivity contribution is 5.91. The number of piperidine rings is 1. The summed E-state index contributed by atoms with van der Waals surface area (Å²) in [7, 11) is 0. The number of benzene rings is 1. The number of nitrogens with one attached hydrogen (secondary N) is 1. The molecule has 1 saturated heterocycles. The first-order valence-electron chi connectivity index (χ1n) is 7.73. The van der Waals surface area contributed by atoms with Crippen LogP contribution in [-0.2, 0) is 11.2 Å². The zero-order valence-corrected chi connectivity index (χ0v) is 12.7. The van der Waals surface area contributed by atoms with Crippen LogP contribution >= 0.6 is 0 Å². The lowest BCUT2D eigenvalue weighted by atomic mass is 9.91. The number of aromatic carboxylic acids is 1. The number of amides is 1. The van der Waals surface area contributed by atoms with Crippen LogP contribution in [0, 0.1) is 0 Å². The second-order valence-electron chi connectivity index (χ2n) is 5.83. The van der Waals surface area contributed by atoms with Crippen LogP contribution in [0.5, 0.6) is 0 Å². The fraction of sp³-hybridized carbons (Fsp3) is 0.353. The molecule has 6 nitrogen and oxygen atoms in total. The first kappa shape index (κ1) is 15.3. The summed E-state index contributed by atoms with van der Waals surface area (Å²) in [6.07, 6.45) is 5.70. The van der Waals surface area contributed by atoms with E-state index in [9.17, 15) is 14.7 Å². The minimum atomic E-state index is -0.993. The molecule has 1 aliphatic rings. The highest BCUT2D eigenvalue weighted by Crippen LogP contribution is 2.27. The van der Waals surface area contributed by atoms with Crippen molar-refractivity contribution in [2.24, 2.45) is 0 Å². The number of carboxylic acids is 1. The van der Waals surface area contributed by atoms with Gasteiger partial charge in [-0.3, -0.25) is 9.89 Å². The van der Waals surface area contributed by atoms with Crippen LogP contribution in [0.25, 0.3) is 0 Å². The summed E-state index contributed by atoms with van der Waals surface area (Å²) in [6, 6.07) is 6.68. The monoisotopic (exact) mass is 313 g/mol. The molecule has 2 N–H and O–H groups in total. The number of rotatable bonds is 4. The molecule has 3 rings (SSSR count). The Morgan fingerprint density at radius 2 is 2.00 bits per heavy atom. The fourth-order valence-electron chi connectivity index (χ4n) is 3.10. The Labute approximate surface area is 134 Å². The number of aromatic nitrogens is 2. The average molecular weight is 313 g/mol. The van der Waals surface area contributed by atoms with Crippen molar-refractivity contribution < 1.29 is 14.7 Å². The molecular weight excluding hydrogens is 294 g/mol. The van der Waals surface area contributed by atoms with Gasteiger partial charge in [0.15, 0.2) is 0 Å². The molecule has 6 heteroatoms. The number of carbonyl (C=O) groups is 2. The first-order chi connectivity index (χ1) is 11.1. The first-order valence-corrected chi connectivity index (χ1v) is 7.73. The third-order valence-electron chi connectivity index (χ3n) is 4.43. The minimum absolute atomic E-state index is 0.00987. The molecule has 0 spiro atoms. The molecule has 23 heavy (non-hydrogen) atoms. The van der Waals surface area contributed by atoms with Gasteiger partial charge in [0.2, 0.25) is 5.91 Å². The quantitative estimate of drug-likeness (QED) is 0.904. The predicted molar refractivity (Wildman–Crippen MR) is 84.2 cm³/mol. The molecule has 2 heterocycles. The number of hydrogen-bond donors (Lipinski definition) is 2. The van der Waals surface area contributed by atoms with Crippen LogP contribution in [0.4, 0.5) is 0 Å². The SMILES string of the molecule is O=C(O)c1ccccc1CC(=O)N1CCC(c2cn[nH]c2)CC1. The van der Waals surface area contributed by atoms with E-state index in [2.05, 4.69) is 10.2 Å². The Morgan fingerprint density at radius 1 is 1.26 bits per heavy atom. The largest absolute Gasteiger partial charge is 0.478 e. The highest BCUT2D eigenvalue weighted by atomic mass is 16.4. The van der Waals surface area contributed by atoms with Gasteiger partial charge < -0.3 is 10.0 Å². The van der Waals surface area contributed by atoms with Crippen LogP contribution in [-0.4, -0.2) is 45.2 Å². The fourth-order valence-corrected chi connectivity index (χ4v) is 3.10. The van der Waals surface area contributed by atoms with E-state index in [0.717, 1.165) is 12.8 Å². The highest BCUT2D eigenvalue weighted by Gasteiger charge is 2.25. The second kappa shape index (κ2) is 6.64. The number of hydrogen-bond acceptors (Lipinski definition) is 3. The summed E-state index contributed by atoms with van der Waals surface area (Å²) in [5.41, 5.74) is 1.96. The maximum absolute atomic E-state index is 12.4. The molecule has 2 aromatic rings. The van der Waals surface area contributed by atoms with E-state index in [-0.39, 0.29) is 17.9 Å². The summed E-state index contributed by atoms with van der Waals surface area (Å²) in [5.74, 6) is -0.569. The normalized spacial score (nSPS) is 15.6. The van der Waals surface area contributed by atoms with Gasteiger partial charge in [0.05, 0.1) is 18.2 Å². The van der Waals surface area contributed by atoms with Crippen molar-refractivity contribution in [3.05, 3.63) is 53.3 Å². The molecule has 120 valence electrons. The third kappa shape index (κ3) is 3.41. The molecule has 1 aliphatic heterocycles. The van der Waals surface area contributed by atoms with Gasteiger partial charge in [-0.25, -0.2) is 4.79 Å². The van der Waals surface area contributed by atoms with Crippen molar-refractivity contribution in [3.8, 4) is 0 Å². The lowest BCUT2D eigenvalue weighted by Gasteiger charge is -2.31. The van der Waals surface area contributed by atoms with Gasteiger partial charge in [-0.05, 0) is 36.0 Å². The lowest BCUT2D eigenvalue weighted by Crippen LogP contribution is -2.38. The third-order valence-corrected chi connectivity index (χ3v) is 4.43. The number of nitrogens with zero attached hydrogens (tertiary/aromatic N) is 2. The van der Waals surface area contributed by atoms with Gasteiger partial charge in [0.1, 0.15) is 0 Å². The Balaban J connectivity index is 1.61. The second-order valence-corrected chi connectivity index (χ2v) is 5.83. The molecule has 0 unspecified atom stereocenters. The molecule has 1 aromatic heterocycles. The van der Waals surface area contributed by atoms with Gasteiger partial charge >= 0.3 is 5.97 Å². The van der Waals surface area contributed by atoms with Crippen molar-refractivity contribution in [1.29, 1.82) is 0 Å². The summed E-state index contributed by atoms with van der Waals surface area (Å²) in [5, 5.41) is 16.0. The standard InChI is InChI=1S/C17H19N3O3/c21-16(9-13-3-1-2-4-15(13)17(22)23)20-7-5-12(6-8-20)14-10-18-19-11-14/h1-4,10-12H,5-9H2,(H,18,19)(H,22,23). The van der Waals surface area contributed by atoms with Crippen molar-refractivity contribution in [3.63, 3.8) is 0 Å². The number of carboxylic acid groups (broad SMARTS) is 1. The summed E-state index contributed by atoms with van der Waals surface area (Å²) in [4.78, 5) is 25.5. The molecule has 1 aromatic carbocycles. The molecule has 0 atom stereocenters.